The van der Waals surface area contributed by atoms with Crippen LogP contribution < -0.4 is 5.32 Å². The number of carbonyl (C=O) groups is 3. The Balaban J connectivity index is 1.14. The number of aromatic nitrogens is 1. The monoisotopic (exact) mass is 531 g/mol. The van der Waals surface area contributed by atoms with E-state index in [0.717, 1.165) is 33.9 Å². The van der Waals surface area contributed by atoms with Gasteiger partial charge in [-0.3, -0.25) is 9.59 Å². The molecule has 0 aliphatic carbocycles. The number of rotatable bonds is 6. The first-order valence-electron chi connectivity index (χ1n) is 12.6. The molecule has 2 aliphatic rings. The van der Waals surface area contributed by atoms with Gasteiger partial charge in [-0.05, 0) is 55.3 Å². The van der Waals surface area contributed by atoms with Gasteiger partial charge in [-0.25, -0.2) is 9.18 Å². The highest BCUT2D eigenvalue weighted by Crippen LogP contribution is 2.54. The van der Waals surface area contributed by atoms with Crippen molar-refractivity contribution < 1.29 is 23.5 Å². The van der Waals surface area contributed by atoms with Crippen LogP contribution in [0.1, 0.15) is 25.3 Å². The minimum Gasteiger partial charge on any atom is -0.454 e. The number of para-hydroxylation sites is 1. The zero-order valence-corrected chi connectivity index (χ0v) is 21.6. The summed E-state index contributed by atoms with van der Waals surface area (Å²) < 4.78 is 21.1. The van der Waals surface area contributed by atoms with Gasteiger partial charge in [0.1, 0.15) is 16.7 Å². The van der Waals surface area contributed by atoms with Crippen molar-refractivity contribution in [3.63, 3.8) is 0 Å². The van der Waals surface area contributed by atoms with E-state index >= 15 is 0 Å². The van der Waals surface area contributed by atoms with Crippen molar-refractivity contribution >= 4 is 57.0 Å². The molecule has 0 saturated carbocycles. The maximum Gasteiger partial charge on any atom is 0.330 e. The molecule has 6 rings (SSSR count). The normalized spacial score (nSPS) is 20.7. The lowest BCUT2D eigenvalue weighted by Crippen LogP contribution is -2.47. The zero-order chi connectivity index (χ0) is 26.4. The third-order valence-corrected chi connectivity index (χ3v) is 9.01. The second-order valence-corrected chi connectivity index (χ2v) is 10.8. The van der Waals surface area contributed by atoms with Crippen molar-refractivity contribution in [1.82, 2.24) is 9.47 Å². The highest BCUT2D eigenvalue weighted by Gasteiger charge is 2.57. The lowest BCUT2D eigenvalue weighted by atomic mass is 10.0. The van der Waals surface area contributed by atoms with Gasteiger partial charge in [0.05, 0.1) is 0 Å². The highest BCUT2D eigenvalue weighted by molar-refractivity contribution is 8.00. The third-order valence-electron chi connectivity index (χ3n) is 7.41. The molecule has 4 aromatic rings. The fourth-order valence-corrected chi connectivity index (χ4v) is 7.37. The summed E-state index contributed by atoms with van der Waals surface area (Å²) in [6.07, 6.45) is 0.828. The lowest BCUT2D eigenvalue weighted by molar-refractivity contribution is -0.155. The summed E-state index contributed by atoms with van der Waals surface area (Å²) in [5.74, 6) is -1.23. The number of hydrogen-bond donors (Lipinski definition) is 1. The van der Waals surface area contributed by atoms with Crippen LogP contribution in [0.4, 0.5) is 10.1 Å². The van der Waals surface area contributed by atoms with Crippen molar-refractivity contribution in [3.8, 4) is 0 Å². The summed E-state index contributed by atoms with van der Waals surface area (Å²) in [5.41, 5.74) is 3.60. The Bertz CT molecular complexity index is 1580. The molecule has 38 heavy (non-hydrogen) atoms. The largest absolute Gasteiger partial charge is 0.454 e. The quantitative estimate of drug-likeness (QED) is 0.353. The SMILES string of the molecule is CCn1c2ccccc2c2cc(NC(=O)COC(=O)[C@@H]3CS[C@]4(c5ccc(F)cc5)CCC(=O)N34)ccc21. The van der Waals surface area contributed by atoms with Gasteiger partial charge in [0, 0.05) is 46.2 Å². The van der Waals surface area contributed by atoms with Crippen molar-refractivity contribution in [3.05, 3.63) is 78.1 Å². The molecule has 0 spiro atoms. The number of carbonyl (C=O) groups excluding carboxylic acids is 3. The second-order valence-electron chi connectivity index (χ2n) is 9.53. The molecule has 3 heterocycles. The number of nitrogens with one attached hydrogen (secondary N) is 1. The summed E-state index contributed by atoms with van der Waals surface area (Å²) >= 11 is 1.48. The third kappa shape index (κ3) is 3.93. The van der Waals surface area contributed by atoms with Crippen LogP contribution in [-0.4, -0.2) is 45.7 Å². The molecule has 194 valence electrons. The summed E-state index contributed by atoms with van der Waals surface area (Å²) in [4.78, 5) is 39.3. The van der Waals surface area contributed by atoms with E-state index in [1.807, 2.05) is 30.3 Å². The minimum atomic E-state index is -0.802. The van der Waals surface area contributed by atoms with Crippen LogP contribution in [0.3, 0.4) is 0 Å². The molecule has 1 aromatic heterocycles. The minimum absolute atomic E-state index is 0.148. The molecule has 3 aromatic carbocycles. The van der Waals surface area contributed by atoms with Crippen LogP contribution in [0.2, 0.25) is 0 Å². The van der Waals surface area contributed by atoms with Crippen LogP contribution in [0.15, 0.2) is 66.7 Å². The Morgan fingerprint density at radius 1 is 1.08 bits per heavy atom. The number of anilines is 1. The van der Waals surface area contributed by atoms with Crippen LogP contribution in [0, 0.1) is 5.82 Å². The topological polar surface area (TPSA) is 80.6 Å². The van der Waals surface area contributed by atoms with Crippen molar-refractivity contribution in [2.75, 3.05) is 17.7 Å². The zero-order valence-electron chi connectivity index (χ0n) is 20.8. The number of halogens is 1. The predicted molar refractivity (Wildman–Crippen MR) is 145 cm³/mol. The van der Waals surface area contributed by atoms with Gasteiger partial charge in [0.2, 0.25) is 5.91 Å². The number of aryl methyl sites for hydroxylation is 1. The Kier molecular flexibility index (Phi) is 6.10. The molecule has 2 fully saturated rings. The maximum absolute atomic E-state index is 13.5. The number of esters is 1. The van der Waals surface area contributed by atoms with E-state index in [9.17, 15) is 18.8 Å². The predicted octanol–water partition coefficient (Wildman–Crippen LogP) is 5.03. The molecule has 2 amide bonds. The van der Waals surface area contributed by atoms with Crippen LogP contribution in [-0.2, 0) is 30.5 Å². The molecule has 0 unspecified atom stereocenters. The number of amides is 2. The highest BCUT2D eigenvalue weighted by atomic mass is 32.2. The van der Waals surface area contributed by atoms with E-state index in [-0.39, 0.29) is 11.7 Å². The Morgan fingerprint density at radius 3 is 2.63 bits per heavy atom. The fraction of sp³-hybridized carbons (Fsp3) is 0.276. The Labute approximate surface area is 222 Å². The van der Waals surface area contributed by atoms with Gasteiger partial charge in [-0.2, -0.15) is 0 Å². The molecule has 2 saturated heterocycles. The molecule has 0 radical (unpaired) electrons. The average molecular weight is 532 g/mol. The van der Waals surface area contributed by atoms with E-state index in [1.165, 1.54) is 23.9 Å². The Hall–Kier alpha value is -3.85. The van der Waals surface area contributed by atoms with Crippen molar-refractivity contribution in [2.45, 2.75) is 37.2 Å². The standard InChI is InChI=1S/C29H26FN3O4S/c1-2-32-23-6-4-3-5-21(23)22-15-20(11-12-24(22)32)31-26(34)16-37-28(36)25-17-38-29(14-13-27(35)33(25)29)18-7-9-19(30)10-8-18/h3-12,15,25H,2,13-14,16-17H2,1H3,(H,31,34)/t25-,29-/m0/s1. The number of fused-ring (bicyclic) bond motifs is 4. The number of nitrogens with zero attached hydrogens (tertiary/aromatic N) is 2. The number of benzene rings is 3. The van der Waals surface area contributed by atoms with Gasteiger partial charge in [0.15, 0.2) is 6.61 Å². The summed E-state index contributed by atoms with van der Waals surface area (Å²) in [6.45, 7) is 2.46. The molecule has 2 aliphatic heterocycles. The van der Waals surface area contributed by atoms with Crippen LogP contribution in [0.5, 0.6) is 0 Å². The maximum atomic E-state index is 13.5. The summed E-state index contributed by atoms with van der Waals surface area (Å²) in [5, 5.41) is 4.95. The summed E-state index contributed by atoms with van der Waals surface area (Å²) in [6, 6.07) is 19.1. The fourth-order valence-electron chi connectivity index (χ4n) is 5.73. The number of thioether (sulfide) groups is 1. The second kappa shape index (κ2) is 9.47. The summed E-state index contributed by atoms with van der Waals surface area (Å²) in [7, 11) is 0. The first-order valence-corrected chi connectivity index (χ1v) is 13.6. The van der Waals surface area contributed by atoms with E-state index in [2.05, 4.69) is 28.9 Å². The van der Waals surface area contributed by atoms with E-state index in [1.54, 1.807) is 17.0 Å². The molecule has 9 heteroatoms. The smallest absolute Gasteiger partial charge is 0.330 e. The molecule has 7 nitrogen and oxygen atoms in total. The number of ether oxygens (including phenoxy) is 1. The first-order chi connectivity index (χ1) is 18.4. The number of hydrogen-bond acceptors (Lipinski definition) is 5. The Morgan fingerprint density at radius 2 is 1.84 bits per heavy atom. The first kappa shape index (κ1) is 24.5. The van der Waals surface area contributed by atoms with Crippen LogP contribution >= 0.6 is 11.8 Å². The van der Waals surface area contributed by atoms with Crippen LogP contribution in [0.25, 0.3) is 21.8 Å². The molecular weight excluding hydrogens is 505 g/mol. The average Bonchev–Trinajstić information content (AvgIpc) is 3.58. The van der Waals surface area contributed by atoms with Gasteiger partial charge in [-0.1, -0.05) is 30.3 Å². The van der Waals surface area contributed by atoms with Crippen molar-refractivity contribution in [1.29, 1.82) is 0 Å². The van der Waals surface area contributed by atoms with E-state index in [0.29, 0.717) is 24.3 Å². The van der Waals surface area contributed by atoms with Gasteiger partial charge in [0.25, 0.3) is 5.91 Å². The van der Waals surface area contributed by atoms with Gasteiger partial charge in [-0.15, -0.1) is 11.8 Å². The van der Waals surface area contributed by atoms with E-state index < -0.39 is 29.4 Å². The lowest BCUT2D eigenvalue weighted by Gasteiger charge is -2.33. The van der Waals surface area contributed by atoms with Gasteiger partial charge >= 0.3 is 5.97 Å². The van der Waals surface area contributed by atoms with Gasteiger partial charge < -0.3 is 19.5 Å². The van der Waals surface area contributed by atoms with E-state index in [4.69, 9.17) is 4.74 Å². The molecular formula is C29H26FN3O4S. The molecule has 2 atom stereocenters. The molecule has 0 bridgehead atoms. The molecule has 1 N–H and O–H groups in total. The van der Waals surface area contributed by atoms with Crippen molar-refractivity contribution in [2.24, 2.45) is 0 Å².